The number of ether oxygens (including phenoxy) is 1. The molecule has 0 spiro atoms. The highest BCUT2D eigenvalue weighted by Crippen LogP contribution is 2.40. The maximum atomic E-state index is 15.2. The summed E-state index contributed by atoms with van der Waals surface area (Å²) in [7, 11) is -0.588. The summed E-state index contributed by atoms with van der Waals surface area (Å²) in [6.07, 6.45) is 7.89. The molecule has 0 aromatic heterocycles. The van der Waals surface area contributed by atoms with Crippen molar-refractivity contribution in [1.29, 1.82) is 0 Å². The Bertz CT molecular complexity index is 1740. The molecule has 0 bridgehead atoms. The van der Waals surface area contributed by atoms with E-state index in [0.717, 1.165) is 54.5 Å². The first-order valence-corrected chi connectivity index (χ1v) is 19.6. The molecule has 0 aliphatic heterocycles. The van der Waals surface area contributed by atoms with Gasteiger partial charge in [-0.3, -0.25) is 9.71 Å². The van der Waals surface area contributed by atoms with Crippen LogP contribution < -0.4 is 14.8 Å². The number of aliphatic imine (C=N–C) groups is 1. The van der Waals surface area contributed by atoms with Crippen LogP contribution in [0.5, 0.6) is 5.75 Å². The van der Waals surface area contributed by atoms with Crippen molar-refractivity contribution in [3.8, 4) is 5.75 Å². The smallest absolute Gasteiger partial charge is 0.327 e. The minimum atomic E-state index is -2.15. The van der Waals surface area contributed by atoms with Gasteiger partial charge in [-0.25, -0.2) is 22.2 Å². The van der Waals surface area contributed by atoms with Gasteiger partial charge in [0.2, 0.25) is 0 Å². The molecule has 3 aromatic rings. The fraction of sp³-hybridized carbons (Fsp3) is 0.436. The minimum absolute atomic E-state index is 0.0249. The molecule has 3 unspecified atom stereocenters. The molecule has 276 valence electrons. The maximum absolute atomic E-state index is 15.2. The van der Waals surface area contributed by atoms with Crippen LogP contribution in [0.15, 0.2) is 76.3 Å². The van der Waals surface area contributed by atoms with Crippen molar-refractivity contribution < 1.29 is 26.9 Å². The third-order valence-electron chi connectivity index (χ3n) is 9.62. The number of carbonyl (C=O) groups excluding carboxylic acids is 1. The first-order valence-electron chi connectivity index (χ1n) is 17.1. The van der Waals surface area contributed by atoms with Gasteiger partial charge in [0.15, 0.2) is 11.0 Å². The van der Waals surface area contributed by atoms with Gasteiger partial charge in [-0.1, -0.05) is 69.8 Å². The van der Waals surface area contributed by atoms with Crippen molar-refractivity contribution in [3.05, 3.63) is 106 Å². The van der Waals surface area contributed by atoms with Crippen molar-refractivity contribution in [2.24, 2.45) is 16.8 Å². The second-order valence-corrected chi connectivity index (χ2v) is 16.4. The molecule has 3 atom stereocenters. The number of methoxy groups -OCH3 is 1. The van der Waals surface area contributed by atoms with Crippen LogP contribution in [0.4, 0.5) is 18.0 Å². The van der Waals surface area contributed by atoms with Gasteiger partial charge in [0.1, 0.15) is 23.2 Å². The highest BCUT2D eigenvalue weighted by molar-refractivity contribution is 8.13. The molecule has 1 aliphatic rings. The second kappa shape index (κ2) is 18.5. The van der Waals surface area contributed by atoms with E-state index >= 15 is 8.78 Å². The van der Waals surface area contributed by atoms with E-state index < -0.39 is 34.1 Å². The van der Waals surface area contributed by atoms with E-state index in [1.165, 1.54) is 30.3 Å². The molecule has 51 heavy (non-hydrogen) atoms. The van der Waals surface area contributed by atoms with E-state index in [0.29, 0.717) is 28.2 Å². The predicted octanol–water partition coefficient (Wildman–Crippen LogP) is 10.4. The summed E-state index contributed by atoms with van der Waals surface area (Å²) in [5.41, 5.74) is 2.18. The second-order valence-electron chi connectivity index (χ2n) is 13.6. The Balaban J connectivity index is 1.49. The monoisotopic (exact) mass is 761 g/mol. The van der Waals surface area contributed by atoms with Crippen molar-refractivity contribution >= 4 is 45.4 Å². The number of rotatable bonds is 13. The molecule has 1 aliphatic carbocycles. The van der Waals surface area contributed by atoms with Gasteiger partial charge >= 0.3 is 6.03 Å². The Morgan fingerprint density at radius 1 is 1.06 bits per heavy atom. The Labute approximate surface area is 311 Å². The van der Waals surface area contributed by atoms with E-state index in [9.17, 15) is 13.4 Å². The van der Waals surface area contributed by atoms with E-state index in [1.807, 2.05) is 19.1 Å². The van der Waals surface area contributed by atoms with Crippen LogP contribution >= 0.6 is 23.4 Å². The molecule has 0 heterocycles. The topological polar surface area (TPSA) is 79.8 Å². The summed E-state index contributed by atoms with van der Waals surface area (Å²) >= 11 is 7.49. The summed E-state index contributed by atoms with van der Waals surface area (Å²) < 4.78 is 64.6. The number of carbonyl (C=O) groups is 1. The fourth-order valence-electron chi connectivity index (χ4n) is 6.53. The highest BCUT2D eigenvalue weighted by Gasteiger charge is 2.30. The molecule has 2 N–H and O–H groups in total. The Morgan fingerprint density at radius 2 is 1.71 bits per heavy atom. The normalized spacial score (nSPS) is 16.4. The van der Waals surface area contributed by atoms with E-state index in [-0.39, 0.29) is 34.0 Å². The van der Waals surface area contributed by atoms with Crippen molar-refractivity contribution in [2.45, 2.75) is 95.2 Å². The lowest BCUT2D eigenvalue weighted by molar-refractivity contribution is 0.230. The molecule has 0 saturated heterocycles. The number of urea groups is 1. The van der Waals surface area contributed by atoms with Crippen LogP contribution in [0.3, 0.4) is 0 Å². The standard InChI is InChI=1S/C39H47ClF3N3O3S2/c1-24(18-27-12-15-30(41)16-13-27)33(39(4,5)29-14-17-34(40)37(19-29)49-6)22-44-26(3)50-23-32-35(42)20-31(21-36(32)43)51(48)46-38(47)45-25(2)28-10-8-7-9-11-28/h12-17,19-22,24-25,28H,7-11,18,23H2,1-6H3,(H2,45,46,47). The zero-order valence-corrected chi connectivity index (χ0v) is 32.3. The van der Waals surface area contributed by atoms with E-state index in [1.54, 1.807) is 38.4 Å². The van der Waals surface area contributed by atoms with Crippen LogP contribution in [-0.4, -0.2) is 28.4 Å². The number of allylic oxidation sites excluding steroid dienone is 1. The van der Waals surface area contributed by atoms with Crippen LogP contribution in [0, 0.1) is 29.3 Å². The number of benzene rings is 3. The maximum Gasteiger partial charge on any atom is 0.327 e. The largest absolute Gasteiger partial charge is 0.495 e. The van der Waals surface area contributed by atoms with Gasteiger partial charge < -0.3 is 10.1 Å². The summed E-state index contributed by atoms with van der Waals surface area (Å²) in [5, 5.41) is 3.88. The lowest BCUT2D eigenvalue weighted by Gasteiger charge is -2.33. The number of hydrogen-bond donors (Lipinski definition) is 2. The third kappa shape index (κ3) is 11.1. The number of amides is 2. The molecule has 6 nitrogen and oxygen atoms in total. The molecular formula is C39H47ClF3N3O3S2. The zero-order chi connectivity index (χ0) is 37.3. The van der Waals surface area contributed by atoms with E-state index in [4.69, 9.17) is 21.3 Å². The van der Waals surface area contributed by atoms with Gasteiger partial charge in [0, 0.05) is 29.0 Å². The van der Waals surface area contributed by atoms with Crippen LogP contribution in [-0.2, 0) is 28.6 Å². The first kappa shape index (κ1) is 40.5. The molecule has 0 radical (unpaired) electrons. The molecule has 1 fully saturated rings. The average Bonchev–Trinajstić information content (AvgIpc) is 3.09. The molecule has 12 heteroatoms. The Hall–Kier alpha value is -3.28. The van der Waals surface area contributed by atoms with Crippen molar-refractivity contribution in [1.82, 2.24) is 10.0 Å². The van der Waals surface area contributed by atoms with Gasteiger partial charge in [0.05, 0.1) is 22.1 Å². The molecule has 1 saturated carbocycles. The SMILES string of the molecule is COc1cc(C(C)(C)C(=CN=C(C)SCc2c(F)cc(S(=O)NC(=O)NC(C)C3CCCCC3)cc2F)C(C)Cc2ccc(F)cc2)ccc1Cl. The summed E-state index contributed by atoms with van der Waals surface area (Å²) in [5.74, 6) is -1.21. The number of thioether (sulfide) groups is 1. The number of hydrogen-bond acceptors (Lipinski definition) is 5. The summed E-state index contributed by atoms with van der Waals surface area (Å²) in [4.78, 5) is 17.0. The Morgan fingerprint density at radius 3 is 2.33 bits per heavy atom. The zero-order valence-electron chi connectivity index (χ0n) is 30.0. The van der Waals surface area contributed by atoms with Gasteiger partial charge in [0.25, 0.3) is 0 Å². The molecular weight excluding hydrogens is 715 g/mol. The highest BCUT2D eigenvalue weighted by atomic mass is 35.5. The van der Waals surface area contributed by atoms with Crippen LogP contribution in [0.2, 0.25) is 5.02 Å². The molecule has 2 amide bonds. The van der Waals surface area contributed by atoms with E-state index in [2.05, 4.69) is 30.8 Å². The first-order chi connectivity index (χ1) is 24.2. The van der Waals surface area contributed by atoms with Crippen LogP contribution in [0.25, 0.3) is 0 Å². The summed E-state index contributed by atoms with van der Waals surface area (Å²) in [6.45, 7) is 9.91. The lowest BCUT2D eigenvalue weighted by atomic mass is 9.72. The van der Waals surface area contributed by atoms with Gasteiger partial charge in [-0.2, -0.15) is 0 Å². The molecule has 4 rings (SSSR count). The fourth-order valence-corrected chi connectivity index (χ4v) is 8.25. The number of nitrogens with zero attached hydrogens (tertiary/aromatic N) is 1. The quantitative estimate of drug-likeness (QED) is 0.134. The predicted molar refractivity (Wildman–Crippen MR) is 203 cm³/mol. The van der Waals surface area contributed by atoms with Crippen molar-refractivity contribution in [2.75, 3.05) is 7.11 Å². The van der Waals surface area contributed by atoms with Crippen LogP contribution in [0.1, 0.15) is 83.4 Å². The van der Waals surface area contributed by atoms with Gasteiger partial charge in [-0.05, 0) is 98.0 Å². The molecule has 3 aromatic carbocycles. The van der Waals surface area contributed by atoms with Gasteiger partial charge in [-0.15, -0.1) is 11.8 Å². The minimum Gasteiger partial charge on any atom is -0.495 e. The summed E-state index contributed by atoms with van der Waals surface area (Å²) in [6, 6.07) is 13.3. The number of halogens is 4. The number of nitrogens with one attached hydrogen (secondary N) is 2. The van der Waals surface area contributed by atoms with Crippen molar-refractivity contribution in [3.63, 3.8) is 0 Å². The Kier molecular flexibility index (Phi) is 14.7. The average molecular weight is 762 g/mol. The lowest BCUT2D eigenvalue weighted by Crippen LogP contribution is -2.45. The third-order valence-corrected chi connectivity index (χ3v) is 11.9.